The van der Waals surface area contributed by atoms with Gasteiger partial charge < -0.3 is 9.47 Å². The molecule has 0 saturated heterocycles. The highest BCUT2D eigenvalue weighted by Gasteiger charge is 2.32. The zero-order valence-corrected chi connectivity index (χ0v) is 13.0. The van der Waals surface area contributed by atoms with Crippen molar-refractivity contribution in [2.45, 2.75) is 51.7 Å². The lowest BCUT2D eigenvalue weighted by molar-refractivity contribution is 0.0616. The van der Waals surface area contributed by atoms with Crippen molar-refractivity contribution in [1.82, 2.24) is 19.2 Å². The minimum atomic E-state index is 0.155. The SMILES string of the molecule is CC[C@@H]1c2cccn2CCN1C(=O)c1cnn2c1CCCC2. The summed E-state index contributed by atoms with van der Waals surface area (Å²) in [5.41, 5.74) is 3.20. The van der Waals surface area contributed by atoms with Crippen molar-refractivity contribution < 1.29 is 4.79 Å². The Balaban J connectivity index is 1.67. The lowest BCUT2D eigenvalue weighted by Gasteiger charge is -2.36. The van der Waals surface area contributed by atoms with Gasteiger partial charge in [0.25, 0.3) is 5.91 Å². The molecule has 2 aromatic rings. The molecule has 4 rings (SSSR count). The summed E-state index contributed by atoms with van der Waals surface area (Å²) in [6, 6.07) is 4.39. The highest BCUT2D eigenvalue weighted by atomic mass is 16.2. The lowest BCUT2D eigenvalue weighted by atomic mass is 10.0. The van der Waals surface area contributed by atoms with Gasteiger partial charge in [-0.2, -0.15) is 5.10 Å². The van der Waals surface area contributed by atoms with Gasteiger partial charge in [0, 0.05) is 31.5 Å². The van der Waals surface area contributed by atoms with E-state index in [1.165, 1.54) is 5.69 Å². The summed E-state index contributed by atoms with van der Waals surface area (Å²) >= 11 is 0. The number of nitrogens with zero attached hydrogens (tertiary/aromatic N) is 4. The number of aryl methyl sites for hydroxylation is 1. The van der Waals surface area contributed by atoms with Crippen LogP contribution >= 0.6 is 0 Å². The summed E-state index contributed by atoms with van der Waals surface area (Å²) in [4.78, 5) is 15.1. The molecule has 0 radical (unpaired) electrons. The molecular weight excluding hydrogens is 276 g/mol. The Morgan fingerprint density at radius 2 is 2.23 bits per heavy atom. The molecule has 116 valence electrons. The first-order valence-corrected chi connectivity index (χ1v) is 8.30. The van der Waals surface area contributed by atoms with Gasteiger partial charge in [0.05, 0.1) is 23.5 Å². The molecule has 0 spiro atoms. The van der Waals surface area contributed by atoms with E-state index in [9.17, 15) is 4.79 Å². The second-order valence-corrected chi connectivity index (χ2v) is 6.23. The van der Waals surface area contributed by atoms with Crippen molar-refractivity contribution in [3.8, 4) is 0 Å². The molecule has 0 unspecified atom stereocenters. The molecule has 5 nitrogen and oxygen atoms in total. The van der Waals surface area contributed by atoms with Crippen molar-refractivity contribution in [1.29, 1.82) is 0 Å². The van der Waals surface area contributed by atoms with E-state index < -0.39 is 0 Å². The molecular formula is C17H22N4O. The Morgan fingerprint density at radius 3 is 3.09 bits per heavy atom. The monoisotopic (exact) mass is 298 g/mol. The minimum Gasteiger partial charge on any atom is -0.348 e. The van der Waals surface area contributed by atoms with Crippen LogP contribution in [0.5, 0.6) is 0 Å². The number of hydrogen-bond acceptors (Lipinski definition) is 2. The number of carbonyl (C=O) groups excluding carboxylic acids is 1. The van der Waals surface area contributed by atoms with E-state index in [0.29, 0.717) is 0 Å². The first-order valence-electron chi connectivity index (χ1n) is 8.30. The molecule has 2 aromatic heterocycles. The molecule has 1 amide bonds. The van der Waals surface area contributed by atoms with Gasteiger partial charge in [-0.15, -0.1) is 0 Å². The van der Waals surface area contributed by atoms with Crippen LogP contribution in [0.25, 0.3) is 0 Å². The van der Waals surface area contributed by atoms with E-state index >= 15 is 0 Å². The van der Waals surface area contributed by atoms with Crippen molar-refractivity contribution in [2.75, 3.05) is 6.54 Å². The van der Waals surface area contributed by atoms with Crippen LogP contribution in [0.3, 0.4) is 0 Å². The Labute approximate surface area is 130 Å². The quantitative estimate of drug-likeness (QED) is 0.855. The van der Waals surface area contributed by atoms with Gasteiger partial charge in [0.15, 0.2) is 0 Å². The fourth-order valence-electron chi connectivity index (χ4n) is 3.89. The highest BCUT2D eigenvalue weighted by molar-refractivity contribution is 5.95. The first-order chi connectivity index (χ1) is 10.8. The van der Waals surface area contributed by atoms with Gasteiger partial charge in [0.1, 0.15) is 0 Å². The third kappa shape index (κ3) is 1.99. The van der Waals surface area contributed by atoms with Crippen LogP contribution in [0.2, 0.25) is 0 Å². The largest absolute Gasteiger partial charge is 0.348 e. The van der Waals surface area contributed by atoms with Crippen LogP contribution in [-0.4, -0.2) is 31.7 Å². The van der Waals surface area contributed by atoms with Crippen LogP contribution < -0.4 is 0 Å². The zero-order valence-electron chi connectivity index (χ0n) is 13.0. The summed E-state index contributed by atoms with van der Waals surface area (Å²) in [7, 11) is 0. The van der Waals surface area contributed by atoms with Crippen molar-refractivity contribution >= 4 is 5.91 Å². The summed E-state index contributed by atoms with van der Waals surface area (Å²) in [6.07, 6.45) is 8.13. The summed E-state index contributed by atoms with van der Waals surface area (Å²) < 4.78 is 4.29. The van der Waals surface area contributed by atoms with Crippen molar-refractivity contribution in [2.24, 2.45) is 0 Å². The average Bonchev–Trinajstić information content (AvgIpc) is 3.19. The van der Waals surface area contributed by atoms with Crippen LogP contribution in [0.4, 0.5) is 0 Å². The maximum atomic E-state index is 13.1. The maximum Gasteiger partial charge on any atom is 0.257 e. The molecule has 0 bridgehead atoms. The van der Waals surface area contributed by atoms with Gasteiger partial charge in [-0.25, -0.2) is 0 Å². The van der Waals surface area contributed by atoms with Crippen molar-refractivity contribution in [3.05, 3.63) is 41.5 Å². The summed E-state index contributed by atoms with van der Waals surface area (Å²) in [6.45, 7) is 4.77. The van der Waals surface area contributed by atoms with Gasteiger partial charge >= 0.3 is 0 Å². The van der Waals surface area contributed by atoms with E-state index in [2.05, 4.69) is 34.9 Å². The summed E-state index contributed by atoms with van der Waals surface area (Å²) in [5, 5.41) is 4.42. The van der Waals surface area contributed by atoms with Gasteiger partial charge in [-0.05, 0) is 37.8 Å². The molecule has 0 aliphatic carbocycles. The fraction of sp³-hybridized carbons (Fsp3) is 0.529. The summed E-state index contributed by atoms with van der Waals surface area (Å²) in [5.74, 6) is 0.155. The van der Waals surface area contributed by atoms with Gasteiger partial charge in [-0.3, -0.25) is 9.48 Å². The van der Waals surface area contributed by atoms with E-state index in [-0.39, 0.29) is 11.9 Å². The van der Waals surface area contributed by atoms with Crippen LogP contribution in [0.15, 0.2) is 24.5 Å². The molecule has 5 heteroatoms. The van der Waals surface area contributed by atoms with Gasteiger partial charge in [-0.1, -0.05) is 6.92 Å². The average molecular weight is 298 g/mol. The van der Waals surface area contributed by atoms with E-state index in [1.54, 1.807) is 6.20 Å². The van der Waals surface area contributed by atoms with Gasteiger partial charge in [0.2, 0.25) is 0 Å². The molecule has 2 aliphatic rings. The molecule has 0 N–H and O–H groups in total. The van der Waals surface area contributed by atoms with Crippen LogP contribution in [-0.2, 0) is 19.5 Å². The Hall–Kier alpha value is -2.04. The van der Waals surface area contributed by atoms with Crippen LogP contribution in [0.1, 0.15) is 54.0 Å². The maximum absolute atomic E-state index is 13.1. The third-order valence-corrected chi connectivity index (χ3v) is 5.02. The smallest absolute Gasteiger partial charge is 0.257 e. The topological polar surface area (TPSA) is 43.1 Å². The van der Waals surface area contributed by atoms with Crippen LogP contribution in [0, 0.1) is 0 Å². The van der Waals surface area contributed by atoms with E-state index in [1.807, 2.05) is 9.58 Å². The number of fused-ring (bicyclic) bond motifs is 2. The molecule has 0 saturated carbocycles. The molecule has 0 aromatic carbocycles. The second kappa shape index (κ2) is 5.30. The Morgan fingerprint density at radius 1 is 1.32 bits per heavy atom. The first kappa shape index (κ1) is 13.6. The number of rotatable bonds is 2. The van der Waals surface area contributed by atoms with E-state index in [0.717, 1.165) is 56.6 Å². The number of amides is 1. The number of hydrogen-bond donors (Lipinski definition) is 0. The zero-order chi connectivity index (χ0) is 15.1. The van der Waals surface area contributed by atoms with E-state index in [4.69, 9.17) is 0 Å². The lowest BCUT2D eigenvalue weighted by Crippen LogP contribution is -2.42. The molecule has 22 heavy (non-hydrogen) atoms. The Bertz CT molecular complexity index is 699. The fourth-order valence-corrected chi connectivity index (χ4v) is 3.89. The third-order valence-electron chi connectivity index (χ3n) is 5.02. The molecule has 0 fully saturated rings. The molecule has 4 heterocycles. The second-order valence-electron chi connectivity index (χ2n) is 6.23. The predicted octanol–water partition coefficient (Wildman–Crippen LogP) is 2.63. The van der Waals surface area contributed by atoms with Crippen molar-refractivity contribution in [3.63, 3.8) is 0 Å². The number of carbonyl (C=O) groups is 1. The number of aromatic nitrogens is 3. The predicted molar refractivity (Wildman–Crippen MR) is 83.7 cm³/mol. The standard InChI is InChI=1S/C17H22N4O/c1-2-14-16-7-5-8-19(16)10-11-20(14)17(22)13-12-18-21-9-4-3-6-15(13)21/h5,7-8,12,14H,2-4,6,9-11H2,1H3/t14-/m1/s1. The molecule has 1 atom stereocenters. The highest BCUT2D eigenvalue weighted by Crippen LogP contribution is 2.31. The minimum absolute atomic E-state index is 0.155. The molecule has 2 aliphatic heterocycles. The normalized spacial score (nSPS) is 20.6. The Kier molecular flexibility index (Phi) is 3.28.